The minimum absolute atomic E-state index is 0.0874. The predicted molar refractivity (Wildman–Crippen MR) is 88.5 cm³/mol. The van der Waals surface area contributed by atoms with Gasteiger partial charge in [-0.2, -0.15) is 4.98 Å². The van der Waals surface area contributed by atoms with Gasteiger partial charge in [-0.05, 0) is 30.2 Å². The van der Waals surface area contributed by atoms with Crippen LogP contribution in [0, 0.1) is 5.92 Å². The molecule has 4 rings (SSSR count). The molecule has 0 unspecified atom stereocenters. The van der Waals surface area contributed by atoms with E-state index in [1.54, 1.807) is 18.5 Å². The van der Waals surface area contributed by atoms with E-state index in [0.717, 1.165) is 16.9 Å². The minimum atomic E-state index is -0.226. The van der Waals surface area contributed by atoms with Gasteiger partial charge in [0, 0.05) is 18.0 Å². The largest absolute Gasteiger partial charge is 0.492 e. The van der Waals surface area contributed by atoms with E-state index < -0.39 is 0 Å². The summed E-state index contributed by atoms with van der Waals surface area (Å²) in [6.45, 7) is 0.553. The van der Waals surface area contributed by atoms with Gasteiger partial charge in [0.15, 0.2) is 0 Å². The van der Waals surface area contributed by atoms with E-state index in [-0.39, 0.29) is 18.4 Å². The van der Waals surface area contributed by atoms with Crippen LogP contribution in [-0.4, -0.2) is 27.6 Å². The first kappa shape index (κ1) is 15.3. The molecule has 0 fully saturated rings. The second-order valence-electron chi connectivity index (χ2n) is 5.79. The lowest BCUT2D eigenvalue weighted by Crippen LogP contribution is -2.37. The normalized spacial score (nSPS) is 15.9. The molecule has 0 spiro atoms. The van der Waals surface area contributed by atoms with Crippen molar-refractivity contribution in [2.75, 3.05) is 6.61 Å². The molecule has 0 radical (unpaired) electrons. The molecule has 0 bridgehead atoms. The van der Waals surface area contributed by atoms with Gasteiger partial charge in [0.25, 0.3) is 0 Å². The first-order valence-corrected chi connectivity index (χ1v) is 8.01. The molecular weight excluding hydrogens is 320 g/mol. The van der Waals surface area contributed by atoms with Gasteiger partial charge in [-0.15, -0.1) is 0 Å². The van der Waals surface area contributed by atoms with Crippen LogP contribution in [0.25, 0.3) is 11.4 Å². The summed E-state index contributed by atoms with van der Waals surface area (Å²) in [7, 11) is 0. The molecule has 25 heavy (non-hydrogen) atoms. The van der Waals surface area contributed by atoms with Crippen molar-refractivity contribution < 1.29 is 14.1 Å². The fraction of sp³-hybridized carbons (Fsp3) is 0.222. The quantitative estimate of drug-likeness (QED) is 0.784. The van der Waals surface area contributed by atoms with Gasteiger partial charge in [0.05, 0.1) is 12.5 Å². The van der Waals surface area contributed by atoms with Crippen LogP contribution in [0.4, 0.5) is 0 Å². The van der Waals surface area contributed by atoms with E-state index in [4.69, 9.17) is 9.26 Å². The monoisotopic (exact) mass is 336 g/mol. The van der Waals surface area contributed by atoms with Crippen molar-refractivity contribution in [1.29, 1.82) is 0 Å². The molecule has 1 aliphatic rings. The number of pyridine rings is 1. The number of aromatic nitrogens is 3. The van der Waals surface area contributed by atoms with Crippen molar-refractivity contribution in [1.82, 2.24) is 20.4 Å². The number of fused-ring (bicyclic) bond motifs is 1. The third-order valence-corrected chi connectivity index (χ3v) is 4.05. The van der Waals surface area contributed by atoms with Crippen molar-refractivity contribution in [3.05, 3.63) is 60.2 Å². The van der Waals surface area contributed by atoms with Gasteiger partial charge in [-0.3, -0.25) is 9.78 Å². The Kier molecular flexibility index (Phi) is 4.12. The average molecular weight is 336 g/mol. The highest BCUT2D eigenvalue weighted by Crippen LogP contribution is 2.26. The molecule has 1 atom stereocenters. The second-order valence-corrected chi connectivity index (χ2v) is 5.79. The third kappa shape index (κ3) is 3.35. The van der Waals surface area contributed by atoms with Crippen LogP contribution in [0.1, 0.15) is 11.5 Å². The summed E-state index contributed by atoms with van der Waals surface area (Å²) >= 11 is 0. The zero-order valence-corrected chi connectivity index (χ0v) is 13.4. The highest BCUT2D eigenvalue weighted by atomic mass is 16.5. The predicted octanol–water partition coefficient (Wildman–Crippen LogP) is 2.00. The van der Waals surface area contributed by atoms with Crippen LogP contribution in [0.5, 0.6) is 5.75 Å². The molecule has 3 heterocycles. The summed E-state index contributed by atoms with van der Waals surface area (Å²) in [6.07, 6.45) is 3.99. The van der Waals surface area contributed by atoms with Crippen molar-refractivity contribution in [2.24, 2.45) is 5.92 Å². The zero-order valence-electron chi connectivity index (χ0n) is 13.4. The molecule has 1 N–H and O–H groups in total. The van der Waals surface area contributed by atoms with Crippen molar-refractivity contribution in [3.8, 4) is 17.1 Å². The van der Waals surface area contributed by atoms with Gasteiger partial charge in [-0.25, -0.2) is 0 Å². The topological polar surface area (TPSA) is 90.1 Å². The first-order valence-electron chi connectivity index (χ1n) is 8.01. The molecule has 0 saturated heterocycles. The Bertz CT molecular complexity index is 879. The van der Waals surface area contributed by atoms with E-state index in [1.165, 1.54) is 0 Å². The maximum Gasteiger partial charge on any atom is 0.246 e. The molecule has 1 aromatic carbocycles. The van der Waals surface area contributed by atoms with Crippen molar-refractivity contribution in [3.63, 3.8) is 0 Å². The van der Waals surface area contributed by atoms with Crippen LogP contribution in [0.3, 0.4) is 0 Å². The average Bonchev–Trinajstić information content (AvgIpc) is 3.15. The summed E-state index contributed by atoms with van der Waals surface area (Å²) in [5.41, 5.74) is 1.81. The molecule has 7 heteroatoms. The lowest BCUT2D eigenvalue weighted by atomic mass is 9.96. The summed E-state index contributed by atoms with van der Waals surface area (Å²) < 4.78 is 10.8. The SMILES string of the molecule is O=C(NCc1nc(-c2cccnc2)no1)[C@@H]1COc2ccccc2C1. The second kappa shape index (κ2) is 6.72. The van der Waals surface area contributed by atoms with Crippen LogP contribution in [-0.2, 0) is 17.8 Å². The summed E-state index contributed by atoms with van der Waals surface area (Å²) in [5, 5.41) is 6.74. The zero-order chi connectivity index (χ0) is 17.1. The lowest BCUT2D eigenvalue weighted by molar-refractivity contribution is -0.126. The Balaban J connectivity index is 1.36. The molecule has 1 aliphatic heterocycles. The number of nitrogens with one attached hydrogen (secondary N) is 1. The molecule has 0 aliphatic carbocycles. The number of para-hydroxylation sites is 1. The van der Waals surface area contributed by atoms with E-state index >= 15 is 0 Å². The number of hydrogen-bond acceptors (Lipinski definition) is 6. The first-order chi connectivity index (χ1) is 12.3. The number of nitrogens with zero attached hydrogens (tertiary/aromatic N) is 3. The highest BCUT2D eigenvalue weighted by molar-refractivity contribution is 5.79. The Morgan fingerprint density at radius 2 is 2.16 bits per heavy atom. The van der Waals surface area contributed by atoms with Gasteiger partial charge in [-0.1, -0.05) is 23.4 Å². The molecule has 0 saturated carbocycles. The third-order valence-electron chi connectivity index (χ3n) is 4.05. The Morgan fingerprint density at radius 1 is 1.24 bits per heavy atom. The fourth-order valence-electron chi connectivity index (χ4n) is 2.74. The molecule has 7 nitrogen and oxygen atoms in total. The molecule has 2 aromatic heterocycles. The van der Waals surface area contributed by atoms with Crippen molar-refractivity contribution >= 4 is 5.91 Å². The Morgan fingerprint density at radius 3 is 3.04 bits per heavy atom. The summed E-state index contributed by atoms with van der Waals surface area (Å²) in [4.78, 5) is 20.7. The number of carbonyl (C=O) groups is 1. The van der Waals surface area contributed by atoms with Crippen LogP contribution < -0.4 is 10.1 Å². The number of hydrogen-bond donors (Lipinski definition) is 1. The van der Waals surface area contributed by atoms with E-state index in [9.17, 15) is 4.79 Å². The summed E-state index contributed by atoms with van der Waals surface area (Å²) in [5.74, 6) is 1.34. The Labute approximate surface area is 144 Å². The van der Waals surface area contributed by atoms with Crippen LogP contribution >= 0.6 is 0 Å². The summed E-state index contributed by atoms with van der Waals surface area (Å²) in [6, 6.07) is 11.4. The smallest absolute Gasteiger partial charge is 0.246 e. The number of ether oxygens (including phenoxy) is 1. The van der Waals surface area contributed by atoms with Crippen LogP contribution in [0.15, 0.2) is 53.3 Å². The standard InChI is InChI=1S/C18H16N4O3/c23-18(14-8-12-4-1-2-6-15(12)24-11-14)20-10-16-21-17(22-25-16)13-5-3-7-19-9-13/h1-7,9,14H,8,10-11H2,(H,20,23)/t14-/m0/s1. The highest BCUT2D eigenvalue weighted by Gasteiger charge is 2.25. The molecular formula is C18H16N4O3. The minimum Gasteiger partial charge on any atom is -0.492 e. The van der Waals surface area contributed by atoms with Crippen LogP contribution in [0.2, 0.25) is 0 Å². The maximum absolute atomic E-state index is 12.4. The van der Waals surface area contributed by atoms with E-state index in [1.807, 2.05) is 30.3 Å². The number of benzene rings is 1. The molecule has 1 amide bonds. The van der Waals surface area contributed by atoms with E-state index in [2.05, 4.69) is 20.4 Å². The number of carbonyl (C=O) groups excluding carboxylic acids is 1. The molecule has 3 aromatic rings. The Hall–Kier alpha value is -3.22. The van der Waals surface area contributed by atoms with Gasteiger partial charge in [0.2, 0.25) is 17.6 Å². The van der Waals surface area contributed by atoms with Gasteiger partial charge < -0.3 is 14.6 Å². The molecule has 126 valence electrons. The fourth-order valence-corrected chi connectivity index (χ4v) is 2.74. The number of amides is 1. The maximum atomic E-state index is 12.4. The van der Waals surface area contributed by atoms with E-state index in [0.29, 0.717) is 24.7 Å². The number of rotatable bonds is 4. The van der Waals surface area contributed by atoms with Crippen molar-refractivity contribution in [2.45, 2.75) is 13.0 Å². The van der Waals surface area contributed by atoms with Gasteiger partial charge >= 0.3 is 0 Å². The lowest BCUT2D eigenvalue weighted by Gasteiger charge is -2.24. The van der Waals surface area contributed by atoms with Gasteiger partial charge in [0.1, 0.15) is 12.4 Å².